The van der Waals surface area contributed by atoms with Crippen molar-refractivity contribution < 1.29 is 9.53 Å². The topological polar surface area (TPSA) is 54.5 Å². The average molecular weight is 369 g/mol. The van der Waals surface area contributed by atoms with E-state index in [4.69, 9.17) is 11.2 Å². The predicted molar refractivity (Wildman–Crippen MR) is 105 cm³/mol. The minimum Gasteiger partial charge on any atom is -0.493 e. The first-order valence-electron chi connectivity index (χ1n) is 8.85. The maximum absolute atomic E-state index is 12.5. The number of thiazole rings is 1. The Morgan fingerprint density at radius 1 is 1.42 bits per heavy atom. The van der Waals surface area contributed by atoms with Crippen LogP contribution in [0, 0.1) is 18.3 Å². The lowest BCUT2D eigenvalue weighted by Crippen LogP contribution is -2.38. The van der Waals surface area contributed by atoms with Crippen molar-refractivity contribution in [2.24, 2.45) is 5.92 Å². The van der Waals surface area contributed by atoms with Gasteiger partial charge < -0.3 is 10.1 Å². The molecule has 136 valence electrons. The lowest BCUT2D eigenvalue weighted by Gasteiger charge is -2.29. The average Bonchev–Trinajstić information content (AvgIpc) is 3.11. The molecule has 0 bridgehead atoms. The molecule has 0 radical (unpaired) electrons. The Labute approximate surface area is 158 Å². The van der Waals surface area contributed by atoms with Gasteiger partial charge in [0.15, 0.2) is 5.13 Å². The number of carbonyl (C=O) groups is 1. The van der Waals surface area contributed by atoms with E-state index in [9.17, 15) is 4.79 Å². The zero-order valence-electron chi connectivity index (χ0n) is 14.9. The molecule has 1 amide bonds. The molecule has 1 aliphatic heterocycles. The van der Waals surface area contributed by atoms with Gasteiger partial charge in [-0.25, -0.2) is 4.98 Å². The first-order chi connectivity index (χ1) is 12.7. The van der Waals surface area contributed by atoms with Crippen molar-refractivity contribution in [2.45, 2.75) is 19.8 Å². The van der Waals surface area contributed by atoms with E-state index >= 15 is 0 Å². The summed E-state index contributed by atoms with van der Waals surface area (Å²) in [5.41, 5.74) is 1.76. The number of terminal acetylenes is 1. The highest BCUT2D eigenvalue weighted by molar-refractivity contribution is 7.14. The van der Waals surface area contributed by atoms with Crippen LogP contribution in [-0.4, -0.2) is 42.0 Å². The van der Waals surface area contributed by atoms with Crippen molar-refractivity contribution >= 4 is 22.4 Å². The molecule has 1 saturated heterocycles. The van der Waals surface area contributed by atoms with E-state index in [0.29, 0.717) is 18.3 Å². The normalized spacial score (nSPS) is 15.4. The Kier molecular flexibility index (Phi) is 6.26. The van der Waals surface area contributed by atoms with Crippen molar-refractivity contribution in [1.29, 1.82) is 0 Å². The second kappa shape index (κ2) is 8.84. The summed E-state index contributed by atoms with van der Waals surface area (Å²) in [6.45, 7) is 4.95. The zero-order valence-corrected chi connectivity index (χ0v) is 15.7. The molecule has 2 aromatic rings. The number of ether oxygens (including phenoxy) is 1. The number of carbonyl (C=O) groups excluding carboxylic acids is 1. The van der Waals surface area contributed by atoms with Gasteiger partial charge in [-0.2, -0.15) is 0 Å². The van der Waals surface area contributed by atoms with Crippen LogP contribution < -0.4 is 10.1 Å². The number of nitrogens with one attached hydrogen (secondary N) is 1. The van der Waals surface area contributed by atoms with Crippen molar-refractivity contribution in [1.82, 2.24) is 9.88 Å². The van der Waals surface area contributed by atoms with Gasteiger partial charge in [0.1, 0.15) is 5.75 Å². The summed E-state index contributed by atoms with van der Waals surface area (Å²) in [4.78, 5) is 19.3. The second-order valence-corrected chi connectivity index (χ2v) is 7.07. The molecule has 1 aliphatic rings. The van der Waals surface area contributed by atoms with Crippen molar-refractivity contribution in [2.75, 3.05) is 31.6 Å². The smallest absolute Gasteiger partial charge is 0.229 e. The Morgan fingerprint density at radius 3 is 2.92 bits per heavy atom. The number of aromatic nitrogens is 1. The number of rotatable bonds is 6. The molecule has 6 heteroatoms. The van der Waals surface area contributed by atoms with Crippen LogP contribution in [0.5, 0.6) is 5.75 Å². The highest BCUT2D eigenvalue weighted by Gasteiger charge is 2.25. The highest BCUT2D eigenvalue weighted by Crippen LogP contribution is 2.32. The van der Waals surface area contributed by atoms with Crippen LogP contribution in [0.4, 0.5) is 5.13 Å². The Morgan fingerprint density at radius 2 is 2.19 bits per heavy atom. The largest absolute Gasteiger partial charge is 0.493 e. The van der Waals surface area contributed by atoms with Crippen LogP contribution in [0.3, 0.4) is 0 Å². The van der Waals surface area contributed by atoms with E-state index in [0.717, 1.165) is 42.9 Å². The van der Waals surface area contributed by atoms with Crippen LogP contribution in [0.15, 0.2) is 29.6 Å². The van der Waals surface area contributed by atoms with Gasteiger partial charge in [0.05, 0.1) is 18.8 Å². The Bertz CT molecular complexity index is 788. The Hall–Kier alpha value is -2.36. The van der Waals surface area contributed by atoms with Crippen molar-refractivity contribution in [3.05, 3.63) is 29.6 Å². The van der Waals surface area contributed by atoms with Crippen LogP contribution in [0.25, 0.3) is 11.3 Å². The third kappa shape index (κ3) is 4.43. The van der Waals surface area contributed by atoms with E-state index in [1.54, 1.807) is 0 Å². The molecule has 1 N–H and O–H groups in total. The molecule has 3 rings (SSSR count). The summed E-state index contributed by atoms with van der Waals surface area (Å²) in [5.74, 6) is 3.53. The molecule has 1 aromatic carbocycles. The molecule has 26 heavy (non-hydrogen) atoms. The molecule has 5 nitrogen and oxygen atoms in total. The minimum atomic E-state index is 0.0204. The number of hydrogen-bond donors (Lipinski definition) is 1. The maximum atomic E-state index is 12.5. The van der Waals surface area contributed by atoms with E-state index in [1.165, 1.54) is 11.3 Å². The zero-order chi connectivity index (χ0) is 18.4. The van der Waals surface area contributed by atoms with E-state index in [2.05, 4.69) is 21.1 Å². The molecular formula is C20H23N3O2S. The molecule has 1 fully saturated rings. The van der Waals surface area contributed by atoms with Gasteiger partial charge in [0, 0.05) is 16.9 Å². The first-order valence-corrected chi connectivity index (χ1v) is 9.73. The number of benzene rings is 1. The van der Waals surface area contributed by atoms with Crippen LogP contribution in [0.2, 0.25) is 0 Å². The maximum Gasteiger partial charge on any atom is 0.229 e. The van der Waals surface area contributed by atoms with Gasteiger partial charge in [-0.3, -0.25) is 9.69 Å². The third-order valence-corrected chi connectivity index (χ3v) is 5.23. The lowest BCUT2D eigenvalue weighted by molar-refractivity contribution is -0.121. The molecule has 0 unspecified atom stereocenters. The van der Waals surface area contributed by atoms with Crippen molar-refractivity contribution in [3.8, 4) is 29.4 Å². The number of nitrogens with zero attached hydrogens (tertiary/aromatic N) is 2. The van der Waals surface area contributed by atoms with Gasteiger partial charge in [0.25, 0.3) is 0 Å². The number of amides is 1. The fraction of sp³-hybridized carbons (Fsp3) is 0.400. The molecule has 1 aromatic heterocycles. The molecule has 2 heterocycles. The number of hydrogen-bond acceptors (Lipinski definition) is 5. The quantitative estimate of drug-likeness (QED) is 0.792. The van der Waals surface area contributed by atoms with Crippen LogP contribution in [-0.2, 0) is 4.79 Å². The number of likely N-dealkylation sites (tertiary alicyclic amines) is 1. The van der Waals surface area contributed by atoms with Crippen LogP contribution >= 0.6 is 11.3 Å². The molecule has 0 aliphatic carbocycles. The standard InChI is InChI=1S/C20H23N3O2S/c1-3-11-23-12-9-15(10-13-23)19(24)22-20-21-17(14-26-20)16-7-5-6-8-18(16)25-4-2/h1,5-8,14-15H,4,9-13H2,2H3,(H,21,22,24). The molecule has 0 atom stereocenters. The fourth-order valence-corrected chi connectivity index (χ4v) is 3.82. The minimum absolute atomic E-state index is 0.0204. The van der Waals surface area contributed by atoms with E-state index in [-0.39, 0.29) is 11.8 Å². The monoisotopic (exact) mass is 369 g/mol. The molecule has 0 spiro atoms. The summed E-state index contributed by atoms with van der Waals surface area (Å²) in [5, 5.41) is 5.54. The summed E-state index contributed by atoms with van der Waals surface area (Å²) in [6, 6.07) is 7.81. The summed E-state index contributed by atoms with van der Waals surface area (Å²) >= 11 is 1.44. The van der Waals surface area contributed by atoms with Gasteiger partial charge >= 0.3 is 0 Å². The SMILES string of the molecule is C#CCN1CCC(C(=O)Nc2nc(-c3ccccc3OCC)cs2)CC1. The summed E-state index contributed by atoms with van der Waals surface area (Å²) < 4.78 is 5.67. The van der Waals surface area contributed by atoms with Gasteiger partial charge in [-0.1, -0.05) is 18.1 Å². The van der Waals surface area contributed by atoms with Crippen molar-refractivity contribution in [3.63, 3.8) is 0 Å². The number of anilines is 1. The fourth-order valence-electron chi connectivity index (χ4n) is 3.10. The Balaban J connectivity index is 1.62. The first kappa shape index (κ1) is 18.4. The van der Waals surface area contributed by atoms with E-state index in [1.807, 2.05) is 36.6 Å². The third-order valence-electron chi connectivity index (χ3n) is 4.47. The van der Waals surface area contributed by atoms with E-state index < -0.39 is 0 Å². The number of piperidine rings is 1. The van der Waals surface area contributed by atoms with Gasteiger partial charge in [-0.15, -0.1) is 17.8 Å². The van der Waals surface area contributed by atoms with Crippen LogP contribution in [0.1, 0.15) is 19.8 Å². The highest BCUT2D eigenvalue weighted by atomic mass is 32.1. The van der Waals surface area contributed by atoms with Gasteiger partial charge in [0.2, 0.25) is 5.91 Å². The molecular weight excluding hydrogens is 346 g/mol. The summed E-state index contributed by atoms with van der Waals surface area (Å²) in [6.07, 6.45) is 7.01. The molecule has 0 saturated carbocycles. The summed E-state index contributed by atoms with van der Waals surface area (Å²) in [7, 11) is 0. The second-order valence-electron chi connectivity index (χ2n) is 6.21. The lowest BCUT2D eigenvalue weighted by atomic mass is 9.96. The number of para-hydroxylation sites is 1. The van der Waals surface area contributed by atoms with Gasteiger partial charge in [-0.05, 0) is 45.0 Å². The predicted octanol–water partition coefficient (Wildman–Crippen LogP) is 3.49.